The highest BCUT2D eigenvalue weighted by Crippen LogP contribution is 2.27. The number of nitrogens with one attached hydrogen (secondary N) is 1. The lowest BCUT2D eigenvalue weighted by Gasteiger charge is -2.26. The van der Waals surface area contributed by atoms with Crippen LogP contribution in [-0.4, -0.2) is 38.3 Å². The number of halogens is 4. The molecule has 1 aliphatic heterocycles. The Hall–Kier alpha value is -0.560. The minimum absolute atomic E-state index is 0. The molecule has 1 aliphatic rings. The summed E-state index contributed by atoms with van der Waals surface area (Å²) in [7, 11) is 0. The Kier molecular flexibility index (Phi) is 8.07. The largest absolute Gasteiger partial charge is 0.391 e. The number of piperidine rings is 1. The van der Waals surface area contributed by atoms with Gasteiger partial charge in [-0.2, -0.15) is 0 Å². The van der Waals surface area contributed by atoms with Crippen molar-refractivity contribution < 1.29 is 5.11 Å². The fourth-order valence-corrected chi connectivity index (χ4v) is 2.82. The van der Waals surface area contributed by atoms with Gasteiger partial charge in [0, 0.05) is 12.7 Å². The van der Waals surface area contributed by atoms with Gasteiger partial charge in [0.25, 0.3) is 0 Å². The topological polar surface area (TPSA) is 63.0 Å². The van der Waals surface area contributed by atoms with Crippen LogP contribution in [-0.2, 0) is 6.54 Å². The number of aliphatic hydroxyl groups excluding tert-OH is 1. The lowest BCUT2D eigenvalue weighted by Crippen LogP contribution is -2.43. The summed E-state index contributed by atoms with van der Waals surface area (Å²) in [6, 6.07) is 0.0135. The predicted octanol–water partition coefficient (Wildman–Crippen LogP) is 3.25. The van der Waals surface area contributed by atoms with E-state index in [9.17, 15) is 5.11 Å². The van der Waals surface area contributed by atoms with E-state index in [0.717, 1.165) is 19.4 Å². The maximum atomic E-state index is 9.89. The Morgan fingerprint density at radius 1 is 1.35 bits per heavy atom. The highest BCUT2D eigenvalue weighted by atomic mass is 35.5. The second-order valence-corrected chi connectivity index (χ2v) is 5.89. The van der Waals surface area contributed by atoms with E-state index >= 15 is 0 Å². The first-order valence-corrected chi connectivity index (χ1v) is 7.65. The van der Waals surface area contributed by atoms with E-state index in [0.29, 0.717) is 27.8 Å². The Labute approximate surface area is 156 Å². The standard InChI is InChI=1S/C14H16Cl2N4O.2ClH/c15-9-7-18-14-13(12(9)16)19-8-20(14)6-2-3-10-11(21)4-1-5-17-10;;/h2-3,7-8,10-11,17,21H,1,4-6H2;2*1H/b3-2+;;/t10-,11+;;/m1../s1. The molecule has 2 N–H and O–H groups in total. The Balaban J connectivity index is 0.00000132. The molecule has 2 atom stereocenters. The van der Waals surface area contributed by atoms with Crippen molar-refractivity contribution in [3.63, 3.8) is 0 Å². The van der Waals surface area contributed by atoms with Crippen LogP contribution >= 0.6 is 48.0 Å². The van der Waals surface area contributed by atoms with Gasteiger partial charge < -0.3 is 15.0 Å². The molecule has 0 spiro atoms. The minimum atomic E-state index is -0.319. The fourth-order valence-electron chi connectivity index (χ4n) is 2.50. The van der Waals surface area contributed by atoms with Crippen molar-refractivity contribution in [2.24, 2.45) is 0 Å². The van der Waals surface area contributed by atoms with Crippen molar-refractivity contribution in [2.75, 3.05) is 6.54 Å². The van der Waals surface area contributed by atoms with E-state index in [1.807, 2.05) is 16.7 Å². The second kappa shape index (κ2) is 9.06. The molecule has 0 aromatic carbocycles. The third kappa shape index (κ3) is 4.50. The van der Waals surface area contributed by atoms with E-state index in [1.165, 1.54) is 6.20 Å². The first kappa shape index (κ1) is 20.5. The molecule has 1 saturated heterocycles. The van der Waals surface area contributed by atoms with Crippen molar-refractivity contribution in [1.82, 2.24) is 19.9 Å². The van der Waals surface area contributed by atoms with Crippen LogP contribution < -0.4 is 5.32 Å². The quantitative estimate of drug-likeness (QED) is 0.777. The summed E-state index contributed by atoms with van der Waals surface area (Å²) in [4.78, 5) is 8.51. The summed E-state index contributed by atoms with van der Waals surface area (Å²) in [6.07, 6.45) is 8.74. The number of pyridine rings is 1. The molecular formula is C14H18Cl4N4O. The van der Waals surface area contributed by atoms with Gasteiger partial charge in [-0.3, -0.25) is 0 Å². The zero-order valence-corrected chi connectivity index (χ0v) is 15.3. The van der Waals surface area contributed by atoms with E-state index in [4.69, 9.17) is 23.2 Å². The number of nitrogens with zero attached hydrogens (tertiary/aromatic N) is 3. The summed E-state index contributed by atoms with van der Waals surface area (Å²) in [5, 5.41) is 14.0. The first-order valence-electron chi connectivity index (χ1n) is 6.90. The summed E-state index contributed by atoms with van der Waals surface area (Å²) in [6.45, 7) is 1.56. The molecule has 3 rings (SSSR count). The number of rotatable bonds is 3. The lowest BCUT2D eigenvalue weighted by molar-refractivity contribution is 0.115. The van der Waals surface area contributed by atoms with E-state index in [2.05, 4.69) is 15.3 Å². The molecule has 2 aromatic heterocycles. The molecule has 1 fully saturated rings. The molecule has 0 saturated carbocycles. The van der Waals surface area contributed by atoms with Gasteiger partial charge in [0.2, 0.25) is 0 Å². The average Bonchev–Trinajstić information content (AvgIpc) is 2.89. The number of aliphatic hydroxyl groups is 1. The van der Waals surface area contributed by atoms with Gasteiger partial charge in [-0.1, -0.05) is 35.4 Å². The van der Waals surface area contributed by atoms with Crippen molar-refractivity contribution in [2.45, 2.75) is 31.5 Å². The van der Waals surface area contributed by atoms with Crippen LogP contribution in [0, 0.1) is 0 Å². The Morgan fingerprint density at radius 3 is 2.87 bits per heavy atom. The normalized spacial score (nSPS) is 21.2. The second-order valence-electron chi connectivity index (χ2n) is 5.11. The van der Waals surface area contributed by atoms with Crippen molar-refractivity contribution >= 4 is 59.2 Å². The number of hydrogen-bond acceptors (Lipinski definition) is 4. The number of aromatic nitrogens is 3. The molecule has 3 heterocycles. The minimum Gasteiger partial charge on any atom is -0.391 e. The van der Waals surface area contributed by atoms with Crippen LogP contribution in [0.5, 0.6) is 0 Å². The molecule has 0 aliphatic carbocycles. The SMILES string of the molecule is Cl.Cl.O[C@H]1CCCN[C@@H]1/C=C/Cn1cnc2c(Cl)c(Cl)cnc21. The van der Waals surface area contributed by atoms with Gasteiger partial charge in [0.05, 0.1) is 28.5 Å². The first-order chi connectivity index (χ1) is 10.2. The molecule has 9 heteroatoms. The zero-order chi connectivity index (χ0) is 14.8. The molecular weight excluding hydrogens is 382 g/mol. The van der Waals surface area contributed by atoms with Gasteiger partial charge in [-0.05, 0) is 19.4 Å². The van der Waals surface area contributed by atoms with E-state index in [1.54, 1.807) is 6.33 Å². The van der Waals surface area contributed by atoms with E-state index < -0.39 is 0 Å². The van der Waals surface area contributed by atoms with Gasteiger partial charge >= 0.3 is 0 Å². The van der Waals surface area contributed by atoms with Crippen LogP contribution in [0.15, 0.2) is 24.7 Å². The molecule has 0 amide bonds. The van der Waals surface area contributed by atoms with Crippen molar-refractivity contribution in [3.05, 3.63) is 34.7 Å². The maximum absolute atomic E-state index is 9.89. The molecule has 2 aromatic rings. The van der Waals surface area contributed by atoms with Crippen LogP contribution in [0.2, 0.25) is 10.0 Å². The van der Waals surface area contributed by atoms with Gasteiger partial charge in [-0.15, -0.1) is 24.8 Å². The van der Waals surface area contributed by atoms with Gasteiger partial charge in [0.15, 0.2) is 5.65 Å². The summed E-state index contributed by atoms with van der Waals surface area (Å²) >= 11 is 12.0. The third-order valence-corrected chi connectivity index (χ3v) is 4.41. The van der Waals surface area contributed by atoms with Crippen LogP contribution in [0.1, 0.15) is 12.8 Å². The monoisotopic (exact) mass is 398 g/mol. The number of hydrogen-bond donors (Lipinski definition) is 2. The number of imidazole rings is 1. The van der Waals surface area contributed by atoms with Crippen LogP contribution in [0.4, 0.5) is 0 Å². The smallest absolute Gasteiger partial charge is 0.161 e. The summed E-state index contributed by atoms with van der Waals surface area (Å²) in [5.41, 5.74) is 1.31. The van der Waals surface area contributed by atoms with Crippen molar-refractivity contribution in [1.29, 1.82) is 0 Å². The number of fused-ring (bicyclic) bond motifs is 1. The Bertz CT molecular complexity index is 676. The summed E-state index contributed by atoms with van der Waals surface area (Å²) in [5.74, 6) is 0. The van der Waals surface area contributed by atoms with Crippen molar-refractivity contribution in [3.8, 4) is 0 Å². The van der Waals surface area contributed by atoms with Gasteiger partial charge in [-0.25, -0.2) is 9.97 Å². The fraction of sp³-hybridized carbons (Fsp3) is 0.429. The molecule has 23 heavy (non-hydrogen) atoms. The number of allylic oxidation sites excluding steroid dienone is 1. The highest BCUT2D eigenvalue weighted by Gasteiger charge is 2.19. The maximum Gasteiger partial charge on any atom is 0.161 e. The Morgan fingerprint density at radius 2 is 2.13 bits per heavy atom. The molecule has 0 unspecified atom stereocenters. The molecule has 128 valence electrons. The lowest BCUT2D eigenvalue weighted by atomic mass is 10.0. The van der Waals surface area contributed by atoms with Crippen LogP contribution in [0.25, 0.3) is 11.2 Å². The van der Waals surface area contributed by atoms with Gasteiger partial charge in [0.1, 0.15) is 5.52 Å². The summed E-state index contributed by atoms with van der Waals surface area (Å²) < 4.78 is 1.89. The van der Waals surface area contributed by atoms with Crippen LogP contribution in [0.3, 0.4) is 0 Å². The molecule has 0 bridgehead atoms. The van der Waals surface area contributed by atoms with E-state index in [-0.39, 0.29) is 37.0 Å². The highest BCUT2D eigenvalue weighted by molar-refractivity contribution is 6.44. The zero-order valence-electron chi connectivity index (χ0n) is 12.2. The predicted molar refractivity (Wildman–Crippen MR) is 98.2 cm³/mol. The third-order valence-electron chi connectivity index (χ3n) is 3.64. The molecule has 5 nitrogen and oxygen atoms in total. The molecule has 0 radical (unpaired) electrons. The average molecular weight is 400 g/mol.